The zero-order valence-electron chi connectivity index (χ0n) is 21.1. The van der Waals surface area contributed by atoms with Crippen LogP contribution in [0.15, 0.2) is 30.3 Å². The zero-order valence-corrected chi connectivity index (χ0v) is 21.1. The summed E-state index contributed by atoms with van der Waals surface area (Å²) in [6.45, 7) is 8.28. The minimum atomic E-state index is -0.453. The second-order valence-electron chi connectivity index (χ2n) is 9.06. The fourth-order valence-corrected chi connectivity index (χ4v) is 4.69. The van der Waals surface area contributed by atoms with Crippen LogP contribution in [0, 0.1) is 0 Å². The quantitative estimate of drug-likeness (QED) is 0.493. The van der Waals surface area contributed by atoms with E-state index in [9.17, 15) is 4.79 Å². The number of benzene rings is 1. The summed E-state index contributed by atoms with van der Waals surface area (Å²) in [6.07, 6.45) is 0. The first kappa shape index (κ1) is 24.2. The molecular formula is C26H31N5O5. The first-order chi connectivity index (χ1) is 17.5. The lowest BCUT2D eigenvalue weighted by Crippen LogP contribution is -2.46. The molecule has 0 N–H and O–H groups in total. The first-order valence-electron chi connectivity index (χ1n) is 12.1. The molecule has 36 heavy (non-hydrogen) atoms. The average Bonchev–Trinajstić information content (AvgIpc) is 2.92. The van der Waals surface area contributed by atoms with E-state index in [4.69, 9.17) is 33.9 Å². The maximum absolute atomic E-state index is 12.1. The second kappa shape index (κ2) is 10.2. The number of ether oxygens (including phenoxy) is 4. The van der Waals surface area contributed by atoms with Crippen molar-refractivity contribution in [2.45, 2.75) is 25.9 Å². The largest absolute Gasteiger partial charge is 0.496 e. The summed E-state index contributed by atoms with van der Waals surface area (Å²) in [5.74, 6) is 1.48. The minimum Gasteiger partial charge on any atom is -0.496 e. The molecule has 0 amide bonds. The normalized spacial score (nSPS) is 20.4. The lowest BCUT2D eigenvalue weighted by atomic mass is 10.1. The fourth-order valence-electron chi connectivity index (χ4n) is 4.69. The highest BCUT2D eigenvalue weighted by Crippen LogP contribution is 2.32. The van der Waals surface area contributed by atoms with Crippen LogP contribution in [0.5, 0.6) is 5.75 Å². The van der Waals surface area contributed by atoms with Gasteiger partial charge < -0.3 is 28.7 Å². The van der Waals surface area contributed by atoms with Crippen LogP contribution in [-0.2, 0) is 14.2 Å². The summed E-state index contributed by atoms with van der Waals surface area (Å²) in [5, 5.41) is 0.885. The predicted octanol–water partition coefficient (Wildman–Crippen LogP) is 2.94. The molecule has 190 valence electrons. The highest BCUT2D eigenvalue weighted by atomic mass is 16.5. The Hall–Kier alpha value is -3.50. The third-order valence-corrected chi connectivity index (χ3v) is 6.69. The van der Waals surface area contributed by atoms with E-state index in [-0.39, 0.29) is 12.1 Å². The van der Waals surface area contributed by atoms with Crippen LogP contribution >= 0.6 is 0 Å². The molecular weight excluding hydrogens is 462 g/mol. The fraction of sp³-hybridized carbons (Fsp3) is 0.462. The molecule has 2 aliphatic heterocycles. The highest BCUT2D eigenvalue weighted by molar-refractivity contribution is 5.94. The molecule has 10 heteroatoms. The van der Waals surface area contributed by atoms with E-state index in [0.29, 0.717) is 49.3 Å². The van der Waals surface area contributed by atoms with Crippen molar-refractivity contribution in [3.8, 4) is 17.0 Å². The molecule has 0 saturated carbocycles. The third kappa shape index (κ3) is 4.54. The van der Waals surface area contributed by atoms with Crippen LogP contribution in [0.25, 0.3) is 22.3 Å². The Labute approximate surface area is 210 Å². The summed E-state index contributed by atoms with van der Waals surface area (Å²) in [6, 6.07) is 9.61. The third-order valence-electron chi connectivity index (χ3n) is 6.69. The number of hydrogen-bond donors (Lipinski definition) is 0. The summed E-state index contributed by atoms with van der Waals surface area (Å²) in [7, 11) is 2.87. The number of carbonyl (C=O) groups is 1. The number of nitrogens with zero attached hydrogens (tertiary/aromatic N) is 5. The van der Waals surface area contributed by atoms with Crippen molar-refractivity contribution in [2.24, 2.45) is 0 Å². The molecule has 2 aliphatic rings. The molecule has 0 unspecified atom stereocenters. The van der Waals surface area contributed by atoms with Crippen molar-refractivity contribution in [3.05, 3.63) is 35.9 Å². The zero-order chi connectivity index (χ0) is 25.2. The average molecular weight is 494 g/mol. The molecule has 3 aromatic rings. The van der Waals surface area contributed by atoms with E-state index >= 15 is 0 Å². The number of fused-ring (bicyclic) bond motifs is 1. The number of anilines is 2. The Balaban J connectivity index is 1.62. The van der Waals surface area contributed by atoms with Gasteiger partial charge in [0.05, 0.1) is 63.8 Å². The molecule has 2 saturated heterocycles. The Morgan fingerprint density at radius 1 is 0.944 bits per heavy atom. The van der Waals surface area contributed by atoms with Crippen LogP contribution in [0.2, 0.25) is 0 Å². The number of aromatic nitrogens is 3. The van der Waals surface area contributed by atoms with Crippen LogP contribution in [0.4, 0.5) is 11.8 Å². The molecule has 0 spiro atoms. The van der Waals surface area contributed by atoms with Gasteiger partial charge in [0, 0.05) is 18.7 Å². The standard InChI is InChI=1S/C26H31N5O5/c1-16-14-35-11-9-30(16)24-20-7-8-21(18-5-6-19(25(32)34-4)22(13-18)33-3)27-23(20)28-26(29-24)31-10-12-36-15-17(31)2/h5-8,13,16-17H,9-12,14-15H2,1-4H3/t16-,17-/m0/s1. The van der Waals surface area contributed by atoms with Gasteiger partial charge in [-0.15, -0.1) is 0 Å². The first-order valence-corrected chi connectivity index (χ1v) is 12.1. The number of esters is 1. The number of rotatable bonds is 5. The van der Waals surface area contributed by atoms with Gasteiger partial charge in [0.1, 0.15) is 17.1 Å². The molecule has 4 heterocycles. The van der Waals surface area contributed by atoms with Crippen molar-refractivity contribution in [2.75, 3.05) is 63.5 Å². The molecule has 0 radical (unpaired) electrons. The van der Waals surface area contributed by atoms with Gasteiger partial charge in [-0.25, -0.2) is 9.78 Å². The molecule has 2 atom stereocenters. The van der Waals surface area contributed by atoms with Crippen LogP contribution in [0.3, 0.4) is 0 Å². The molecule has 5 rings (SSSR count). The van der Waals surface area contributed by atoms with Crippen molar-refractivity contribution in [3.63, 3.8) is 0 Å². The van der Waals surface area contributed by atoms with Crippen molar-refractivity contribution in [1.29, 1.82) is 0 Å². The number of pyridine rings is 1. The number of methoxy groups -OCH3 is 2. The number of carbonyl (C=O) groups excluding carboxylic acids is 1. The van der Waals surface area contributed by atoms with E-state index in [1.54, 1.807) is 12.1 Å². The predicted molar refractivity (Wildman–Crippen MR) is 136 cm³/mol. The van der Waals surface area contributed by atoms with Gasteiger partial charge >= 0.3 is 5.97 Å². The van der Waals surface area contributed by atoms with Gasteiger partial charge in [-0.2, -0.15) is 9.97 Å². The summed E-state index contributed by atoms with van der Waals surface area (Å²) < 4.78 is 21.6. The van der Waals surface area contributed by atoms with Crippen LogP contribution in [0.1, 0.15) is 24.2 Å². The van der Waals surface area contributed by atoms with E-state index < -0.39 is 5.97 Å². The van der Waals surface area contributed by atoms with Gasteiger partial charge in [-0.05, 0) is 38.1 Å². The molecule has 0 bridgehead atoms. The minimum absolute atomic E-state index is 0.157. The van der Waals surface area contributed by atoms with Crippen molar-refractivity contribution in [1.82, 2.24) is 15.0 Å². The van der Waals surface area contributed by atoms with Gasteiger partial charge in [0.2, 0.25) is 5.95 Å². The van der Waals surface area contributed by atoms with Gasteiger partial charge in [-0.3, -0.25) is 0 Å². The maximum atomic E-state index is 12.1. The lowest BCUT2D eigenvalue weighted by molar-refractivity contribution is 0.0597. The second-order valence-corrected chi connectivity index (χ2v) is 9.06. The molecule has 1 aromatic carbocycles. The maximum Gasteiger partial charge on any atom is 0.341 e. The number of hydrogen-bond acceptors (Lipinski definition) is 10. The summed E-state index contributed by atoms with van der Waals surface area (Å²) in [4.78, 5) is 31.4. The monoisotopic (exact) mass is 493 g/mol. The van der Waals surface area contributed by atoms with E-state index in [1.807, 2.05) is 18.2 Å². The van der Waals surface area contributed by atoms with Crippen LogP contribution < -0.4 is 14.5 Å². The Morgan fingerprint density at radius 3 is 2.33 bits per heavy atom. The Kier molecular flexibility index (Phi) is 6.88. The van der Waals surface area contributed by atoms with E-state index in [0.717, 1.165) is 35.6 Å². The molecule has 2 fully saturated rings. The van der Waals surface area contributed by atoms with Crippen molar-refractivity contribution < 1.29 is 23.7 Å². The van der Waals surface area contributed by atoms with Crippen LogP contribution in [-0.4, -0.2) is 86.7 Å². The smallest absolute Gasteiger partial charge is 0.341 e. The van der Waals surface area contributed by atoms with Crippen molar-refractivity contribution >= 4 is 28.8 Å². The SMILES string of the molecule is COC(=O)c1ccc(-c2ccc3c(N4CCOC[C@@H]4C)nc(N4CCOC[C@@H]4C)nc3n2)cc1OC. The van der Waals surface area contributed by atoms with Gasteiger partial charge in [-0.1, -0.05) is 6.07 Å². The van der Waals surface area contributed by atoms with Gasteiger partial charge in [0.15, 0.2) is 5.65 Å². The Morgan fingerprint density at radius 2 is 1.67 bits per heavy atom. The molecule has 0 aliphatic carbocycles. The summed E-state index contributed by atoms with van der Waals surface area (Å²) >= 11 is 0. The Bertz CT molecular complexity index is 1270. The molecule has 10 nitrogen and oxygen atoms in total. The van der Waals surface area contributed by atoms with Gasteiger partial charge in [0.25, 0.3) is 0 Å². The topological polar surface area (TPSA) is 99.1 Å². The summed E-state index contributed by atoms with van der Waals surface area (Å²) in [5.41, 5.74) is 2.50. The van der Waals surface area contributed by atoms with E-state index in [1.165, 1.54) is 14.2 Å². The lowest BCUT2D eigenvalue weighted by Gasteiger charge is -2.37. The van der Waals surface area contributed by atoms with E-state index in [2.05, 4.69) is 23.6 Å². The number of morpholine rings is 2. The molecule has 2 aromatic heterocycles. The highest BCUT2D eigenvalue weighted by Gasteiger charge is 2.27.